The fraction of sp³-hybridized carbons (Fsp3) is 0.901. The van der Waals surface area contributed by atoms with Crippen LogP contribution in [0.5, 0.6) is 0 Å². The van der Waals surface area contributed by atoms with Crippen molar-refractivity contribution in [1.82, 2.24) is 5.32 Å². The number of hydrogen-bond acceptors (Lipinski definition) is 10. The number of nitrogens with one attached hydrogen (secondary N) is 1. The predicted molar refractivity (Wildman–Crippen MR) is 344 cm³/mol. The molecule has 1 saturated heterocycles. The van der Waals surface area contributed by atoms with E-state index in [1.54, 1.807) is 0 Å². The first-order chi connectivity index (χ1) is 40.2. The summed E-state index contributed by atoms with van der Waals surface area (Å²) in [6.07, 6.45) is 65.4. The summed E-state index contributed by atoms with van der Waals surface area (Å²) >= 11 is 0. The number of hydrogen-bond donors (Lipinski definition) is 8. The van der Waals surface area contributed by atoms with E-state index in [0.717, 1.165) is 44.9 Å². The summed E-state index contributed by atoms with van der Waals surface area (Å²) in [6, 6.07) is -1.19. The predicted octanol–water partition coefficient (Wildman–Crippen LogP) is 17.0. The number of aliphatic hydroxyl groups is 7. The van der Waals surface area contributed by atoms with Crippen LogP contribution < -0.4 is 5.32 Å². The third-order valence-corrected chi connectivity index (χ3v) is 17.2. The van der Waals surface area contributed by atoms with E-state index in [2.05, 4.69) is 55.6 Å². The number of rotatable bonds is 62. The van der Waals surface area contributed by atoms with Crippen LogP contribution in [0.3, 0.4) is 0 Å². The first-order valence-corrected chi connectivity index (χ1v) is 35.4. The van der Waals surface area contributed by atoms with E-state index >= 15 is 0 Å². The van der Waals surface area contributed by atoms with Crippen molar-refractivity contribution in [2.24, 2.45) is 0 Å². The Morgan fingerprint density at radius 3 is 1.09 bits per heavy atom. The molecule has 0 bridgehead atoms. The van der Waals surface area contributed by atoms with Gasteiger partial charge in [-0.15, -0.1) is 0 Å². The average Bonchev–Trinajstić information content (AvgIpc) is 3.53. The molecule has 8 N–H and O–H groups in total. The van der Waals surface area contributed by atoms with Gasteiger partial charge in [-0.1, -0.05) is 314 Å². The lowest BCUT2D eigenvalue weighted by Gasteiger charge is -2.40. The van der Waals surface area contributed by atoms with Crippen molar-refractivity contribution >= 4 is 5.91 Å². The summed E-state index contributed by atoms with van der Waals surface area (Å²) in [7, 11) is 0. The van der Waals surface area contributed by atoms with Gasteiger partial charge in [0, 0.05) is 0 Å². The van der Waals surface area contributed by atoms with Crippen LogP contribution in [0.25, 0.3) is 0 Å². The van der Waals surface area contributed by atoms with Crippen LogP contribution in [0, 0.1) is 0 Å². The molecule has 0 saturated carbocycles. The summed E-state index contributed by atoms with van der Waals surface area (Å²) < 4.78 is 11.2. The summed E-state index contributed by atoms with van der Waals surface area (Å²) in [5.41, 5.74) is 0. The molecule has 0 aromatic rings. The van der Waals surface area contributed by atoms with Gasteiger partial charge in [0.15, 0.2) is 6.29 Å². The summed E-state index contributed by atoms with van der Waals surface area (Å²) in [4.78, 5) is 13.2. The standard InChI is InChI=1S/C71H135NO10/c1-3-5-7-9-11-13-15-17-19-21-23-24-25-26-27-28-29-30-31-32-33-34-35-36-37-38-39-41-43-45-47-49-51-53-55-57-59-64(75)70(80)72-62(61-81-71-69(79)68(78)67(77)65(60-73)82-71)66(76)63(74)58-56-54-52-50-48-46-44-42-40-22-20-18-16-14-12-10-8-6-4-2/h18,20,42,44,50,52,62-69,71,73-79H,3-17,19,21-41,43,45-49,51,53-61H2,1-2H3,(H,72,80)/b20-18+,44-42+,52-50+. The minimum atomic E-state index is -1.67. The van der Waals surface area contributed by atoms with Gasteiger partial charge in [-0.05, 0) is 64.2 Å². The zero-order chi connectivity index (χ0) is 59.6. The second kappa shape index (κ2) is 59.7. The molecule has 484 valence electrons. The van der Waals surface area contributed by atoms with Gasteiger partial charge < -0.3 is 50.5 Å². The summed E-state index contributed by atoms with van der Waals surface area (Å²) in [5, 5.41) is 76.4. The molecule has 82 heavy (non-hydrogen) atoms. The number of allylic oxidation sites excluding steroid dienone is 6. The topological polar surface area (TPSA) is 189 Å². The molecular formula is C71H135NO10. The van der Waals surface area contributed by atoms with Crippen LogP contribution >= 0.6 is 0 Å². The van der Waals surface area contributed by atoms with Gasteiger partial charge in [0.05, 0.1) is 25.4 Å². The van der Waals surface area contributed by atoms with E-state index < -0.39 is 74.2 Å². The lowest BCUT2D eigenvalue weighted by Crippen LogP contribution is -2.60. The number of unbranched alkanes of at least 4 members (excludes halogenated alkanes) is 44. The second-order valence-electron chi connectivity index (χ2n) is 24.9. The normalized spacial score (nSPS) is 19.3. The van der Waals surface area contributed by atoms with Crippen LogP contribution in [0.2, 0.25) is 0 Å². The maximum absolute atomic E-state index is 13.2. The molecule has 11 nitrogen and oxygen atoms in total. The van der Waals surface area contributed by atoms with Crippen LogP contribution in [-0.4, -0.2) is 110 Å². The van der Waals surface area contributed by atoms with Crippen molar-refractivity contribution in [3.8, 4) is 0 Å². The van der Waals surface area contributed by atoms with E-state index in [1.165, 1.54) is 250 Å². The van der Waals surface area contributed by atoms with Crippen molar-refractivity contribution in [2.75, 3.05) is 13.2 Å². The van der Waals surface area contributed by atoms with Crippen molar-refractivity contribution in [3.05, 3.63) is 36.5 Å². The molecule has 0 aromatic carbocycles. The second-order valence-corrected chi connectivity index (χ2v) is 24.9. The fourth-order valence-electron chi connectivity index (χ4n) is 11.5. The number of amides is 1. The number of aliphatic hydroxyl groups excluding tert-OH is 7. The number of carbonyl (C=O) groups is 1. The molecule has 11 heteroatoms. The molecule has 9 unspecified atom stereocenters. The third-order valence-electron chi connectivity index (χ3n) is 17.2. The SMILES string of the molecule is CCCCCCCC/C=C/CC/C=C/CC/C=C/CCCC(O)C(O)C(COC1OC(CO)C(O)C(O)C1O)NC(=O)C(O)CCCCCCCCCCCCCCCCCCCCCCCCCCCCCCCCCCCCCC. The van der Waals surface area contributed by atoms with Gasteiger partial charge in [0.1, 0.15) is 36.6 Å². The molecule has 0 aliphatic carbocycles. The number of ether oxygens (including phenoxy) is 2. The lowest BCUT2D eigenvalue weighted by molar-refractivity contribution is -0.303. The highest BCUT2D eigenvalue weighted by atomic mass is 16.7. The van der Waals surface area contributed by atoms with Crippen molar-refractivity contribution in [2.45, 2.75) is 396 Å². The maximum Gasteiger partial charge on any atom is 0.249 e. The third kappa shape index (κ3) is 46.5. The maximum atomic E-state index is 13.2. The lowest BCUT2D eigenvalue weighted by atomic mass is 9.98. The molecule has 1 aliphatic heterocycles. The van der Waals surface area contributed by atoms with Gasteiger partial charge in [0.2, 0.25) is 5.91 Å². The van der Waals surface area contributed by atoms with E-state index in [1.807, 2.05) is 0 Å². The Hall–Kier alpha value is -1.67. The monoisotopic (exact) mass is 1160 g/mol. The molecule has 9 atom stereocenters. The highest BCUT2D eigenvalue weighted by Crippen LogP contribution is 2.24. The zero-order valence-corrected chi connectivity index (χ0v) is 53.5. The summed E-state index contributed by atoms with van der Waals surface area (Å²) in [6.45, 7) is 3.47. The van der Waals surface area contributed by atoms with Gasteiger partial charge in [-0.25, -0.2) is 0 Å². The molecule has 0 aromatic heterocycles. The van der Waals surface area contributed by atoms with Gasteiger partial charge in [-0.3, -0.25) is 4.79 Å². The minimum absolute atomic E-state index is 0.243. The first kappa shape index (κ1) is 78.3. The van der Waals surface area contributed by atoms with Gasteiger partial charge >= 0.3 is 0 Å². The van der Waals surface area contributed by atoms with E-state index in [-0.39, 0.29) is 12.8 Å². The van der Waals surface area contributed by atoms with E-state index in [0.29, 0.717) is 19.3 Å². The Morgan fingerprint density at radius 2 is 0.732 bits per heavy atom. The van der Waals surface area contributed by atoms with Crippen LogP contribution in [-0.2, 0) is 14.3 Å². The summed E-state index contributed by atoms with van der Waals surface area (Å²) in [5.74, 6) is -0.707. The van der Waals surface area contributed by atoms with Crippen LogP contribution in [0.1, 0.15) is 341 Å². The van der Waals surface area contributed by atoms with E-state index in [9.17, 15) is 40.5 Å². The first-order valence-electron chi connectivity index (χ1n) is 35.4. The highest BCUT2D eigenvalue weighted by molar-refractivity contribution is 5.80. The fourth-order valence-corrected chi connectivity index (χ4v) is 11.5. The Labute approximate surface area is 505 Å². The zero-order valence-electron chi connectivity index (χ0n) is 53.5. The Bertz CT molecular complexity index is 1430. The quantitative estimate of drug-likeness (QED) is 0.0215. The van der Waals surface area contributed by atoms with Crippen LogP contribution in [0.15, 0.2) is 36.5 Å². The minimum Gasteiger partial charge on any atom is -0.394 e. The van der Waals surface area contributed by atoms with Crippen LogP contribution in [0.4, 0.5) is 0 Å². The van der Waals surface area contributed by atoms with E-state index in [4.69, 9.17) is 9.47 Å². The molecule has 1 heterocycles. The van der Waals surface area contributed by atoms with Gasteiger partial charge in [0.25, 0.3) is 0 Å². The molecular weight excluding hydrogens is 1030 g/mol. The van der Waals surface area contributed by atoms with Crippen molar-refractivity contribution < 1.29 is 50.0 Å². The van der Waals surface area contributed by atoms with Crippen molar-refractivity contribution in [3.63, 3.8) is 0 Å². The molecule has 0 radical (unpaired) electrons. The Balaban J connectivity index is 2.15. The number of carbonyl (C=O) groups excluding carboxylic acids is 1. The molecule has 1 rings (SSSR count). The molecule has 1 aliphatic rings. The molecule has 0 spiro atoms. The van der Waals surface area contributed by atoms with Gasteiger partial charge in [-0.2, -0.15) is 0 Å². The Morgan fingerprint density at radius 1 is 0.415 bits per heavy atom. The average molecular weight is 1160 g/mol. The smallest absolute Gasteiger partial charge is 0.249 e. The van der Waals surface area contributed by atoms with Crippen molar-refractivity contribution in [1.29, 1.82) is 0 Å². The molecule has 1 fully saturated rings. The highest BCUT2D eigenvalue weighted by Gasteiger charge is 2.44. The Kier molecular flexibility index (Phi) is 57.0. The largest absolute Gasteiger partial charge is 0.394 e. The molecule has 1 amide bonds.